The van der Waals surface area contributed by atoms with Crippen LogP contribution in [0, 0.1) is 11.3 Å². The second-order valence-corrected chi connectivity index (χ2v) is 4.11. The summed E-state index contributed by atoms with van der Waals surface area (Å²) in [5, 5.41) is 11.7. The van der Waals surface area contributed by atoms with E-state index in [-0.39, 0.29) is 10.6 Å². The normalized spacial score (nSPS) is 9.68. The van der Waals surface area contributed by atoms with Crippen molar-refractivity contribution in [3.05, 3.63) is 63.0 Å². The Kier molecular flexibility index (Phi) is 3.64. The predicted molar refractivity (Wildman–Crippen MR) is 71.2 cm³/mol. The van der Waals surface area contributed by atoms with Crippen molar-refractivity contribution in [3.63, 3.8) is 0 Å². The Labute approximate surface area is 113 Å². The van der Waals surface area contributed by atoms with Crippen LogP contribution < -0.4 is 10.9 Å². The first-order valence-electron chi connectivity index (χ1n) is 5.30. The number of para-hydroxylation sites is 1. The summed E-state index contributed by atoms with van der Waals surface area (Å²) in [6.45, 7) is 0. The van der Waals surface area contributed by atoms with Crippen molar-refractivity contribution >= 4 is 23.2 Å². The molecule has 19 heavy (non-hydrogen) atoms. The van der Waals surface area contributed by atoms with E-state index in [2.05, 4.69) is 10.3 Å². The fourth-order valence-corrected chi connectivity index (χ4v) is 1.67. The molecule has 0 spiro atoms. The van der Waals surface area contributed by atoms with Gasteiger partial charge in [-0.15, -0.1) is 0 Å². The summed E-state index contributed by atoms with van der Waals surface area (Å²) < 4.78 is 0. The summed E-state index contributed by atoms with van der Waals surface area (Å²) in [5.74, 6) is -0.619. The number of H-pyrrole nitrogens is 1. The van der Waals surface area contributed by atoms with Crippen LogP contribution in [0.4, 0.5) is 5.69 Å². The topological polar surface area (TPSA) is 85.8 Å². The number of hydrogen-bond donors (Lipinski definition) is 2. The first-order valence-corrected chi connectivity index (χ1v) is 5.68. The third-order valence-electron chi connectivity index (χ3n) is 2.41. The number of anilines is 1. The lowest BCUT2D eigenvalue weighted by atomic mass is 10.2. The average molecular weight is 274 g/mol. The van der Waals surface area contributed by atoms with E-state index in [1.807, 2.05) is 6.07 Å². The van der Waals surface area contributed by atoms with Crippen LogP contribution >= 0.6 is 11.6 Å². The molecule has 5 nitrogen and oxygen atoms in total. The monoisotopic (exact) mass is 273 g/mol. The van der Waals surface area contributed by atoms with Gasteiger partial charge in [0.2, 0.25) is 0 Å². The second kappa shape index (κ2) is 5.38. The Hall–Kier alpha value is -2.58. The van der Waals surface area contributed by atoms with Gasteiger partial charge in [-0.1, -0.05) is 23.7 Å². The van der Waals surface area contributed by atoms with Gasteiger partial charge in [-0.2, -0.15) is 5.26 Å². The van der Waals surface area contributed by atoms with E-state index in [0.29, 0.717) is 11.3 Å². The smallest absolute Gasteiger partial charge is 0.261 e. The van der Waals surface area contributed by atoms with Gasteiger partial charge in [0.15, 0.2) is 0 Å². The minimum Gasteiger partial charge on any atom is -0.327 e. The van der Waals surface area contributed by atoms with Crippen molar-refractivity contribution in [3.8, 4) is 6.07 Å². The number of aromatic nitrogens is 1. The maximum Gasteiger partial charge on any atom is 0.261 e. The molecular weight excluding hydrogens is 266 g/mol. The quantitative estimate of drug-likeness (QED) is 0.879. The Balaban J connectivity index is 2.34. The van der Waals surface area contributed by atoms with Gasteiger partial charge in [0.05, 0.1) is 16.3 Å². The molecule has 1 aromatic heterocycles. The van der Waals surface area contributed by atoms with E-state index in [9.17, 15) is 9.59 Å². The highest BCUT2D eigenvalue weighted by Gasteiger charge is 2.12. The van der Waals surface area contributed by atoms with Crippen molar-refractivity contribution in [1.29, 1.82) is 5.26 Å². The minimum atomic E-state index is -0.619. The molecule has 0 saturated carbocycles. The molecule has 1 heterocycles. The van der Waals surface area contributed by atoms with Crippen molar-refractivity contribution < 1.29 is 4.79 Å². The SMILES string of the molecule is N#Cc1ccccc1NC(=O)c1cc(Cl)c[nH]c1=O. The Morgan fingerprint density at radius 3 is 2.84 bits per heavy atom. The standard InChI is InChI=1S/C13H8ClN3O2/c14-9-5-10(12(18)16-7-9)13(19)17-11-4-2-1-3-8(11)6-15/h1-5,7H,(H,16,18)(H,17,19). The molecule has 2 aromatic rings. The summed E-state index contributed by atoms with van der Waals surface area (Å²) >= 11 is 5.72. The van der Waals surface area contributed by atoms with Crippen molar-refractivity contribution in [2.45, 2.75) is 0 Å². The lowest BCUT2D eigenvalue weighted by Crippen LogP contribution is -2.23. The number of nitrogens with zero attached hydrogens (tertiary/aromatic N) is 1. The van der Waals surface area contributed by atoms with Crippen LogP contribution in [0.15, 0.2) is 41.3 Å². The molecule has 1 amide bonds. The van der Waals surface area contributed by atoms with Gasteiger partial charge in [0.1, 0.15) is 11.6 Å². The van der Waals surface area contributed by atoms with Gasteiger partial charge in [0.25, 0.3) is 11.5 Å². The summed E-state index contributed by atoms with van der Waals surface area (Å²) in [7, 11) is 0. The maximum atomic E-state index is 12.0. The molecule has 0 bridgehead atoms. The fourth-order valence-electron chi connectivity index (χ4n) is 1.51. The zero-order chi connectivity index (χ0) is 13.8. The highest BCUT2D eigenvalue weighted by Crippen LogP contribution is 2.15. The number of rotatable bonds is 2. The number of halogens is 1. The van der Waals surface area contributed by atoms with E-state index in [4.69, 9.17) is 16.9 Å². The Bertz CT molecular complexity index is 731. The molecule has 0 aliphatic heterocycles. The largest absolute Gasteiger partial charge is 0.327 e. The number of hydrogen-bond acceptors (Lipinski definition) is 3. The van der Waals surface area contributed by atoms with Gasteiger partial charge >= 0.3 is 0 Å². The number of nitriles is 1. The molecule has 2 rings (SSSR count). The molecule has 2 N–H and O–H groups in total. The molecule has 0 unspecified atom stereocenters. The lowest BCUT2D eigenvalue weighted by Gasteiger charge is -2.06. The second-order valence-electron chi connectivity index (χ2n) is 3.67. The average Bonchev–Trinajstić information content (AvgIpc) is 2.42. The molecule has 0 atom stereocenters. The first kappa shape index (κ1) is 12.9. The van der Waals surface area contributed by atoms with Gasteiger partial charge in [-0.05, 0) is 18.2 Å². The lowest BCUT2D eigenvalue weighted by molar-refractivity contribution is 0.102. The van der Waals surface area contributed by atoms with Crippen LogP contribution in [-0.2, 0) is 0 Å². The summed E-state index contributed by atoms with van der Waals surface area (Å²) in [5.41, 5.74) is 0.000244. The highest BCUT2D eigenvalue weighted by atomic mass is 35.5. The molecular formula is C13H8ClN3O2. The van der Waals surface area contributed by atoms with Crippen LogP contribution in [0.2, 0.25) is 5.02 Å². The molecule has 0 saturated heterocycles. The van der Waals surface area contributed by atoms with Crippen LogP contribution in [-0.4, -0.2) is 10.9 Å². The van der Waals surface area contributed by atoms with Crippen molar-refractivity contribution in [2.24, 2.45) is 0 Å². The van der Waals surface area contributed by atoms with Gasteiger partial charge in [-0.3, -0.25) is 9.59 Å². The summed E-state index contributed by atoms with van der Waals surface area (Å²) in [6.07, 6.45) is 1.30. The van der Waals surface area contributed by atoms with E-state index in [1.54, 1.807) is 24.3 Å². The van der Waals surface area contributed by atoms with Crippen molar-refractivity contribution in [1.82, 2.24) is 4.98 Å². The van der Waals surface area contributed by atoms with Crippen molar-refractivity contribution in [2.75, 3.05) is 5.32 Å². The zero-order valence-electron chi connectivity index (χ0n) is 9.61. The molecule has 94 valence electrons. The Morgan fingerprint density at radius 2 is 2.11 bits per heavy atom. The van der Waals surface area contributed by atoms with Gasteiger partial charge < -0.3 is 10.3 Å². The van der Waals surface area contributed by atoms with Crippen LogP contribution in [0.5, 0.6) is 0 Å². The number of amides is 1. The third-order valence-corrected chi connectivity index (χ3v) is 2.63. The van der Waals surface area contributed by atoms with Gasteiger partial charge in [0, 0.05) is 6.20 Å². The van der Waals surface area contributed by atoms with Crippen LogP contribution in [0.3, 0.4) is 0 Å². The molecule has 1 aromatic carbocycles. The minimum absolute atomic E-state index is 0.111. The number of aromatic amines is 1. The highest BCUT2D eigenvalue weighted by molar-refractivity contribution is 6.30. The van der Waals surface area contributed by atoms with E-state index in [1.165, 1.54) is 12.3 Å². The Morgan fingerprint density at radius 1 is 1.37 bits per heavy atom. The first-order chi connectivity index (χ1) is 9.11. The number of carbonyl (C=O) groups is 1. The van der Waals surface area contributed by atoms with E-state index >= 15 is 0 Å². The molecule has 0 radical (unpaired) electrons. The molecule has 0 aliphatic carbocycles. The number of nitrogens with one attached hydrogen (secondary N) is 2. The van der Waals surface area contributed by atoms with E-state index < -0.39 is 11.5 Å². The zero-order valence-corrected chi connectivity index (χ0v) is 10.4. The number of pyridine rings is 1. The summed E-state index contributed by atoms with van der Waals surface area (Å²) in [4.78, 5) is 25.8. The molecule has 0 aliphatic rings. The third kappa shape index (κ3) is 2.81. The number of carbonyl (C=O) groups excluding carboxylic acids is 1. The fraction of sp³-hybridized carbons (Fsp3) is 0. The molecule has 0 fully saturated rings. The molecule has 6 heteroatoms. The number of benzene rings is 1. The maximum absolute atomic E-state index is 12.0. The predicted octanol–water partition coefficient (Wildman–Crippen LogP) is 2.15. The summed E-state index contributed by atoms with van der Waals surface area (Å²) in [6, 6.07) is 9.73. The van der Waals surface area contributed by atoms with Gasteiger partial charge in [-0.25, -0.2) is 0 Å². The van der Waals surface area contributed by atoms with Crippen LogP contribution in [0.1, 0.15) is 15.9 Å². The van der Waals surface area contributed by atoms with E-state index in [0.717, 1.165) is 0 Å². The van der Waals surface area contributed by atoms with Crippen LogP contribution in [0.25, 0.3) is 0 Å².